The third-order valence-electron chi connectivity index (χ3n) is 6.70. The molecule has 0 unspecified atom stereocenters. The first-order valence-electron chi connectivity index (χ1n) is 11.5. The Labute approximate surface area is 169 Å². The molecule has 0 amide bonds. The second-order valence-corrected chi connectivity index (χ2v) is 8.81. The summed E-state index contributed by atoms with van der Waals surface area (Å²) < 4.78 is 29.3. The first-order valence-corrected chi connectivity index (χ1v) is 11.5. The summed E-state index contributed by atoms with van der Waals surface area (Å²) in [5.74, 6) is 0.0705. The van der Waals surface area contributed by atoms with Crippen LogP contribution in [-0.2, 0) is 6.42 Å². The minimum atomic E-state index is -0.654. The lowest BCUT2D eigenvalue weighted by Crippen LogP contribution is -2.13. The van der Waals surface area contributed by atoms with Crippen molar-refractivity contribution in [2.45, 2.75) is 96.8 Å². The van der Waals surface area contributed by atoms with E-state index in [4.69, 9.17) is 0 Å². The van der Waals surface area contributed by atoms with Crippen molar-refractivity contribution in [3.8, 4) is 0 Å². The molecule has 0 heterocycles. The fourth-order valence-corrected chi connectivity index (χ4v) is 4.87. The van der Waals surface area contributed by atoms with Crippen molar-refractivity contribution >= 4 is 10.8 Å². The lowest BCUT2D eigenvalue weighted by atomic mass is 9.76. The molecule has 2 aromatic carbocycles. The van der Waals surface area contributed by atoms with Crippen molar-refractivity contribution in [1.29, 1.82) is 0 Å². The summed E-state index contributed by atoms with van der Waals surface area (Å²) >= 11 is 0. The van der Waals surface area contributed by atoms with Crippen LogP contribution in [0.25, 0.3) is 10.8 Å². The van der Waals surface area contributed by atoms with Crippen LogP contribution in [0.4, 0.5) is 8.78 Å². The van der Waals surface area contributed by atoms with E-state index in [1.807, 2.05) is 18.2 Å². The largest absolute Gasteiger partial charge is 0.203 e. The first kappa shape index (κ1) is 21.3. The molecular weight excluding hydrogens is 350 g/mol. The third kappa shape index (κ3) is 5.13. The molecule has 1 fully saturated rings. The number of unbranched alkanes of at least 4 members (excludes halogenated alkanes) is 4. The highest BCUT2D eigenvalue weighted by Crippen LogP contribution is 2.39. The Morgan fingerprint density at radius 3 is 2.25 bits per heavy atom. The predicted molar refractivity (Wildman–Crippen MR) is 116 cm³/mol. The van der Waals surface area contributed by atoms with Gasteiger partial charge in [0, 0.05) is 5.39 Å². The smallest absolute Gasteiger partial charge is 0.166 e. The van der Waals surface area contributed by atoms with E-state index >= 15 is 0 Å². The topological polar surface area (TPSA) is 0 Å². The maximum atomic E-state index is 14.8. The van der Waals surface area contributed by atoms with Gasteiger partial charge in [0.1, 0.15) is 0 Å². The summed E-state index contributed by atoms with van der Waals surface area (Å²) in [5.41, 5.74) is 1.72. The SMILES string of the molecule is CCCCCc1cc2ccc(C3CCC(CCCCC)CC3)cc2c(F)c1F. The Hall–Kier alpha value is -1.44. The van der Waals surface area contributed by atoms with E-state index in [-0.39, 0.29) is 0 Å². The van der Waals surface area contributed by atoms with Crippen LogP contribution in [0.3, 0.4) is 0 Å². The molecule has 2 aromatic rings. The summed E-state index contributed by atoms with van der Waals surface area (Å²) in [7, 11) is 0. The summed E-state index contributed by atoms with van der Waals surface area (Å²) in [6, 6.07) is 7.94. The summed E-state index contributed by atoms with van der Waals surface area (Å²) in [4.78, 5) is 0. The second-order valence-electron chi connectivity index (χ2n) is 8.81. The molecule has 0 aliphatic heterocycles. The van der Waals surface area contributed by atoms with Crippen molar-refractivity contribution in [3.63, 3.8) is 0 Å². The molecule has 0 saturated heterocycles. The van der Waals surface area contributed by atoms with Crippen LogP contribution in [0.15, 0.2) is 24.3 Å². The minimum Gasteiger partial charge on any atom is -0.203 e. The molecule has 1 saturated carbocycles. The highest BCUT2D eigenvalue weighted by atomic mass is 19.2. The van der Waals surface area contributed by atoms with Gasteiger partial charge >= 0.3 is 0 Å². The Kier molecular flexibility index (Phi) is 7.88. The zero-order valence-corrected chi connectivity index (χ0v) is 17.7. The Balaban J connectivity index is 1.70. The normalized spacial score (nSPS) is 20.0. The Bertz CT molecular complexity index is 757. The molecule has 3 rings (SSSR count). The molecule has 0 spiro atoms. The molecule has 0 radical (unpaired) electrons. The van der Waals surface area contributed by atoms with Gasteiger partial charge in [0.2, 0.25) is 0 Å². The van der Waals surface area contributed by atoms with Crippen molar-refractivity contribution in [1.82, 2.24) is 0 Å². The minimum absolute atomic E-state index is 0.458. The molecule has 2 heteroatoms. The lowest BCUT2D eigenvalue weighted by Gasteiger charge is -2.29. The summed E-state index contributed by atoms with van der Waals surface area (Å²) in [5, 5.41) is 1.29. The van der Waals surface area contributed by atoms with Gasteiger partial charge in [-0.2, -0.15) is 0 Å². The van der Waals surface area contributed by atoms with Crippen LogP contribution < -0.4 is 0 Å². The number of halogens is 2. The summed E-state index contributed by atoms with van der Waals surface area (Å²) in [6.45, 7) is 4.38. The number of hydrogen-bond donors (Lipinski definition) is 0. The number of fused-ring (bicyclic) bond motifs is 1. The molecule has 0 bridgehead atoms. The number of hydrogen-bond acceptors (Lipinski definition) is 0. The molecule has 0 aromatic heterocycles. The second kappa shape index (κ2) is 10.4. The number of aryl methyl sites for hydroxylation is 1. The zero-order chi connectivity index (χ0) is 19.9. The maximum absolute atomic E-state index is 14.8. The average molecular weight is 387 g/mol. The zero-order valence-electron chi connectivity index (χ0n) is 17.7. The van der Waals surface area contributed by atoms with Gasteiger partial charge in [-0.25, -0.2) is 8.78 Å². The van der Waals surface area contributed by atoms with E-state index in [0.717, 1.165) is 30.6 Å². The lowest BCUT2D eigenvalue weighted by molar-refractivity contribution is 0.303. The monoisotopic (exact) mass is 386 g/mol. The van der Waals surface area contributed by atoms with Crippen LogP contribution in [0, 0.1) is 17.6 Å². The van der Waals surface area contributed by atoms with Crippen LogP contribution in [0.5, 0.6) is 0 Å². The van der Waals surface area contributed by atoms with Gasteiger partial charge in [-0.15, -0.1) is 0 Å². The molecule has 1 aliphatic carbocycles. The van der Waals surface area contributed by atoms with E-state index in [9.17, 15) is 8.78 Å². The van der Waals surface area contributed by atoms with Crippen molar-refractivity contribution < 1.29 is 8.78 Å². The first-order chi connectivity index (χ1) is 13.6. The van der Waals surface area contributed by atoms with E-state index in [2.05, 4.69) is 19.9 Å². The van der Waals surface area contributed by atoms with Gasteiger partial charge in [-0.05, 0) is 79.0 Å². The van der Waals surface area contributed by atoms with Gasteiger partial charge in [0.05, 0.1) is 0 Å². The van der Waals surface area contributed by atoms with Crippen molar-refractivity contribution in [3.05, 3.63) is 47.0 Å². The van der Waals surface area contributed by atoms with Crippen molar-refractivity contribution in [2.24, 2.45) is 5.92 Å². The molecule has 0 atom stereocenters. The van der Waals surface area contributed by atoms with E-state index < -0.39 is 11.6 Å². The molecule has 154 valence electrons. The predicted octanol–water partition coefficient (Wildman–Crippen LogP) is 8.70. The molecule has 28 heavy (non-hydrogen) atoms. The van der Waals surface area contributed by atoms with Gasteiger partial charge < -0.3 is 0 Å². The van der Waals surface area contributed by atoms with E-state index in [1.165, 1.54) is 56.9 Å². The number of rotatable bonds is 9. The Morgan fingerprint density at radius 1 is 0.821 bits per heavy atom. The van der Waals surface area contributed by atoms with Gasteiger partial charge in [-0.1, -0.05) is 64.5 Å². The molecule has 0 N–H and O–H groups in total. The molecule has 0 nitrogen and oxygen atoms in total. The van der Waals surface area contributed by atoms with Crippen LogP contribution >= 0.6 is 0 Å². The van der Waals surface area contributed by atoms with Crippen LogP contribution in [0.2, 0.25) is 0 Å². The van der Waals surface area contributed by atoms with E-state index in [0.29, 0.717) is 23.3 Å². The maximum Gasteiger partial charge on any atom is 0.166 e. The summed E-state index contributed by atoms with van der Waals surface area (Å²) in [6.07, 6.45) is 13.9. The fraction of sp³-hybridized carbons (Fsp3) is 0.615. The average Bonchev–Trinajstić information content (AvgIpc) is 2.72. The quantitative estimate of drug-likeness (QED) is 0.378. The van der Waals surface area contributed by atoms with Gasteiger partial charge in [0.25, 0.3) is 0 Å². The van der Waals surface area contributed by atoms with Crippen LogP contribution in [0.1, 0.15) is 102 Å². The van der Waals surface area contributed by atoms with Crippen molar-refractivity contribution in [2.75, 3.05) is 0 Å². The highest BCUT2D eigenvalue weighted by molar-refractivity contribution is 5.85. The van der Waals surface area contributed by atoms with E-state index in [1.54, 1.807) is 0 Å². The van der Waals surface area contributed by atoms with Crippen LogP contribution in [-0.4, -0.2) is 0 Å². The van der Waals surface area contributed by atoms with Gasteiger partial charge in [0.15, 0.2) is 11.6 Å². The molecular formula is C26H36F2. The third-order valence-corrected chi connectivity index (χ3v) is 6.70. The van der Waals surface area contributed by atoms with Gasteiger partial charge in [-0.3, -0.25) is 0 Å². The Morgan fingerprint density at radius 2 is 1.54 bits per heavy atom. The fourth-order valence-electron chi connectivity index (χ4n) is 4.87. The highest BCUT2D eigenvalue weighted by Gasteiger charge is 2.23. The standard InChI is InChI=1S/C26H36F2/c1-3-5-7-9-19-11-13-20(14-12-19)21-15-16-22-17-23(10-8-6-4-2)25(27)26(28)24(22)18-21/h15-20H,3-14H2,1-2H3. The molecule has 1 aliphatic rings. The number of benzene rings is 2.